The molecule has 2 rings (SSSR count). The molecule has 0 aromatic heterocycles. The number of nitrogens with one attached hydrogen (secondary N) is 1. The topological polar surface area (TPSA) is 64.4 Å². The van der Waals surface area contributed by atoms with Crippen LogP contribution in [0.3, 0.4) is 0 Å². The lowest BCUT2D eigenvalue weighted by Crippen LogP contribution is -2.44. The van der Waals surface area contributed by atoms with Crippen molar-refractivity contribution in [1.82, 2.24) is 5.32 Å². The van der Waals surface area contributed by atoms with E-state index in [9.17, 15) is 4.79 Å². The smallest absolute Gasteiger partial charge is 0.236 e. The third kappa shape index (κ3) is 5.38. The van der Waals surface area contributed by atoms with Crippen LogP contribution < -0.4 is 11.1 Å². The summed E-state index contributed by atoms with van der Waals surface area (Å²) in [6.45, 7) is 1.32. The molecule has 0 unspecified atom stereocenters. The van der Waals surface area contributed by atoms with Gasteiger partial charge in [-0.05, 0) is 11.1 Å². The summed E-state index contributed by atoms with van der Waals surface area (Å²) in [5.41, 5.74) is 7.58. The monoisotopic (exact) mass is 284 g/mol. The molecule has 1 atom stereocenters. The Hall–Kier alpha value is -2.17. The van der Waals surface area contributed by atoms with Gasteiger partial charge in [-0.25, -0.2) is 0 Å². The van der Waals surface area contributed by atoms with Gasteiger partial charge in [0.2, 0.25) is 5.91 Å². The van der Waals surface area contributed by atoms with Gasteiger partial charge in [0.25, 0.3) is 0 Å². The first-order valence-corrected chi connectivity index (χ1v) is 6.94. The molecule has 0 aliphatic heterocycles. The van der Waals surface area contributed by atoms with Crippen LogP contribution in [0.15, 0.2) is 60.7 Å². The number of benzene rings is 2. The molecular weight excluding hydrogens is 264 g/mol. The second-order valence-corrected chi connectivity index (χ2v) is 4.82. The van der Waals surface area contributed by atoms with Crippen LogP contribution in [-0.2, 0) is 22.7 Å². The zero-order valence-electron chi connectivity index (χ0n) is 11.9. The number of nitrogens with two attached hydrogens (primary N) is 1. The fourth-order valence-electron chi connectivity index (χ4n) is 1.95. The number of ether oxygens (including phenoxy) is 1. The van der Waals surface area contributed by atoms with Crippen LogP contribution in [0, 0.1) is 0 Å². The summed E-state index contributed by atoms with van der Waals surface area (Å²) in [6.07, 6.45) is 0. The Balaban J connectivity index is 1.78. The third-order valence-electron chi connectivity index (χ3n) is 3.13. The number of primary amides is 1. The van der Waals surface area contributed by atoms with Gasteiger partial charge in [-0.1, -0.05) is 60.7 Å². The van der Waals surface area contributed by atoms with Crippen molar-refractivity contribution < 1.29 is 9.53 Å². The highest BCUT2D eigenvalue weighted by molar-refractivity contribution is 5.79. The van der Waals surface area contributed by atoms with Gasteiger partial charge < -0.3 is 10.5 Å². The van der Waals surface area contributed by atoms with E-state index >= 15 is 0 Å². The van der Waals surface area contributed by atoms with E-state index < -0.39 is 11.9 Å². The number of amides is 1. The molecule has 2 aromatic carbocycles. The van der Waals surface area contributed by atoms with E-state index in [1.54, 1.807) is 0 Å². The van der Waals surface area contributed by atoms with Crippen molar-refractivity contribution in [3.63, 3.8) is 0 Å². The van der Waals surface area contributed by atoms with Crippen LogP contribution in [0.2, 0.25) is 0 Å². The number of hydrogen-bond acceptors (Lipinski definition) is 3. The predicted octanol–water partition coefficient (Wildman–Crippen LogP) is 1.85. The molecule has 21 heavy (non-hydrogen) atoms. The van der Waals surface area contributed by atoms with Gasteiger partial charge in [0.05, 0.1) is 13.2 Å². The van der Waals surface area contributed by atoms with Gasteiger partial charge in [-0.15, -0.1) is 0 Å². The molecule has 0 spiro atoms. The van der Waals surface area contributed by atoms with Gasteiger partial charge in [0.1, 0.15) is 6.04 Å². The fraction of sp³-hybridized carbons (Fsp3) is 0.235. The fourth-order valence-corrected chi connectivity index (χ4v) is 1.95. The summed E-state index contributed by atoms with van der Waals surface area (Å²) in [7, 11) is 0. The molecule has 3 N–H and O–H groups in total. The van der Waals surface area contributed by atoms with Crippen molar-refractivity contribution in [2.45, 2.75) is 19.2 Å². The predicted molar refractivity (Wildman–Crippen MR) is 82.4 cm³/mol. The second kappa shape index (κ2) is 8.19. The normalized spacial score (nSPS) is 12.0. The van der Waals surface area contributed by atoms with Gasteiger partial charge in [0, 0.05) is 6.54 Å². The first-order valence-electron chi connectivity index (χ1n) is 6.94. The third-order valence-corrected chi connectivity index (χ3v) is 3.13. The minimum Gasteiger partial charge on any atom is -0.375 e. The molecule has 0 bridgehead atoms. The molecule has 4 heteroatoms. The minimum atomic E-state index is -0.492. The van der Waals surface area contributed by atoms with Crippen LogP contribution in [-0.4, -0.2) is 18.6 Å². The number of rotatable bonds is 8. The molecule has 0 aliphatic rings. The Morgan fingerprint density at radius 1 is 1.00 bits per heavy atom. The second-order valence-electron chi connectivity index (χ2n) is 4.82. The zero-order valence-corrected chi connectivity index (χ0v) is 11.9. The number of carbonyl (C=O) groups excluding carboxylic acids is 1. The maximum atomic E-state index is 11.4. The molecular formula is C17H20N2O2. The highest BCUT2D eigenvalue weighted by Crippen LogP contribution is 2.02. The zero-order chi connectivity index (χ0) is 14.9. The SMILES string of the molecule is NC(=O)[C@@H](COCc1ccccc1)NCc1ccccc1. The molecule has 0 aliphatic carbocycles. The number of carbonyl (C=O) groups is 1. The number of hydrogen-bond donors (Lipinski definition) is 2. The van der Waals surface area contributed by atoms with Crippen molar-refractivity contribution >= 4 is 5.91 Å². The molecule has 4 nitrogen and oxygen atoms in total. The molecule has 0 heterocycles. The lowest BCUT2D eigenvalue weighted by Gasteiger charge is -2.15. The largest absolute Gasteiger partial charge is 0.375 e. The Labute approximate surface area is 124 Å². The van der Waals surface area contributed by atoms with Crippen molar-refractivity contribution in [3.8, 4) is 0 Å². The maximum Gasteiger partial charge on any atom is 0.236 e. The quantitative estimate of drug-likeness (QED) is 0.777. The highest BCUT2D eigenvalue weighted by atomic mass is 16.5. The van der Waals surface area contributed by atoms with Crippen molar-refractivity contribution in [2.75, 3.05) is 6.61 Å². The van der Waals surface area contributed by atoms with Crippen LogP contribution in [0.5, 0.6) is 0 Å². The Bertz CT molecular complexity index is 543. The van der Waals surface area contributed by atoms with E-state index in [2.05, 4.69) is 5.32 Å². The standard InChI is InChI=1S/C17H20N2O2/c18-17(20)16(19-11-14-7-3-1-4-8-14)13-21-12-15-9-5-2-6-10-15/h1-10,16,19H,11-13H2,(H2,18,20)/t16-/m1/s1. The summed E-state index contributed by atoms with van der Waals surface area (Å²) < 4.78 is 5.57. The van der Waals surface area contributed by atoms with Crippen molar-refractivity contribution in [1.29, 1.82) is 0 Å². The molecule has 0 fully saturated rings. The summed E-state index contributed by atoms with van der Waals surface area (Å²) in [5.74, 6) is -0.404. The average molecular weight is 284 g/mol. The molecule has 0 saturated heterocycles. The summed E-state index contributed by atoms with van der Waals surface area (Å²) in [4.78, 5) is 11.4. The van der Waals surface area contributed by atoms with Crippen LogP contribution in [0.25, 0.3) is 0 Å². The Morgan fingerprint density at radius 3 is 2.14 bits per heavy atom. The van der Waals surface area contributed by atoms with Gasteiger partial charge >= 0.3 is 0 Å². The summed E-state index contributed by atoms with van der Waals surface area (Å²) >= 11 is 0. The van der Waals surface area contributed by atoms with E-state index in [0.29, 0.717) is 13.2 Å². The lowest BCUT2D eigenvalue weighted by molar-refractivity contribution is -0.121. The van der Waals surface area contributed by atoms with E-state index in [1.165, 1.54) is 0 Å². The van der Waals surface area contributed by atoms with Crippen LogP contribution in [0.4, 0.5) is 0 Å². The van der Waals surface area contributed by atoms with Gasteiger partial charge in [0.15, 0.2) is 0 Å². The average Bonchev–Trinajstić information content (AvgIpc) is 2.52. The minimum absolute atomic E-state index is 0.261. The summed E-state index contributed by atoms with van der Waals surface area (Å²) in [5, 5.41) is 3.12. The molecule has 2 aromatic rings. The van der Waals surface area contributed by atoms with Crippen LogP contribution >= 0.6 is 0 Å². The van der Waals surface area contributed by atoms with Gasteiger partial charge in [-0.3, -0.25) is 10.1 Å². The molecule has 110 valence electrons. The first kappa shape index (κ1) is 15.2. The molecule has 1 amide bonds. The Kier molecular flexibility index (Phi) is 5.94. The van der Waals surface area contributed by atoms with E-state index in [4.69, 9.17) is 10.5 Å². The summed E-state index contributed by atoms with van der Waals surface area (Å²) in [6, 6.07) is 19.2. The van der Waals surface area contributed by atoms with Crippen molar-refractivity contribution in [3.05, 3.63) is 71.8 Å². The van der Waals surface area contributed by atoms with E-state index in [-0.39, 0.29) is 6.61 Å². The first-order chi connectivity index (χ1) is 10.3. The molecule has 0 radical (unpaired) electrons. The van der Waals surface area contributed by atoms with Crippen molar-refractivity contribution in [2.24, 2.45) is 5.73 Å². The Morgan fingerprint density at radius 2 is 1.57 bits per heavy atom. The van der Waals surface area contributed by atoms with E-state index in [1.807, 2.05) is 60.7 Å². The molecule has 0 saturated carbocycles. The highest BCUT2D eigenvalue weighted by Gasteiger charge is 2.14. The van der Waals surface area contributed by atoms with E-state index in [0.717, 1.165) is 11.1 Å². The lowest BCUT2D eigenvalue weighted by atomic mass is 10.2. The maximum absolute atomic E-state index is 11.4. The van der Waals surface area contributed by atoms with Gasteiger partial charge in [-0.2, -0.15) is 0 Å². The van der Waals surface area contributed by atoms with Crippen LogP contribution in [0.1, 0.15) is 11.1 Å².